The quantitative estimate of drug-likeness (QED) is 0.438. The maximum atomic E-state index is 5.83. The van der Waals surface area contributed by atoms with Gasteiger partial charge in [-0.15, -0.1) is 0 Å². The third-order valence-electron chi connectivity index (χ3n) is 2.21. The zero-order valence-corrected chi connectivity index (χ0v) is 11.2. The van der Waals surface area contributed by atoms with Crippen LogP contribution in [0.5, 0.6) is 0 Å². The Kier molecular flexibility index (Phi) is 5.95. The molecule has 0 saturated carbocycles. The van der Waals surface area contributed by atoms with Gasteiger partial charge in [-0.1, -0.05) is 65.1 Å². The van der Waals surface area contributed by atoms with Gasteiger partial charge in [0.15, 0.2) is 0 Å². The number of halogens is 1. The molecule has 1 nitrogen and oxygen atoms in total. The summed E-state index contributed by atoms with van der Waals surface area (Å²) in [5.74, 6) is 0. The van der Waals surface area contributed by atoms with Crippen LogP contribution < -0.4 is 0 Å². The Bertz CT molecular complexity index is 295. The second-order valence-electron chi connectivity index (χ2n) is 3.61. The highest BCUT2D eigenvalue weighted by molar-refractivity contribution is 14.1. The summed E-state index contributed by atoms with van der Waals surface area (Å²) in [4.78, 5) is 0. The normalized spacial score (nSPS) is 12.4. The van der Waals surface area contributed by atoms with Crippen LogP contribution in [0.25, 0.3) is 0 Å². The van der Waals surface area contributed by atoms with Crippen molar-refractivity contribution in [3.63, 3.8) is 0 Å². The average Bonchev–Trinajstić information content (AvgIpc) is 2.25. The predicted molar refractivity (Wildman–Crippen MR) is 73.3 cm³/mol. The molecular formula is C13H17IO. The van der Waals surface area contributed by atoms with Crippen LogP contribution in [0.15, 0.2) is 42.5 Å². The van der Waals surface area contributed by atoms with Gasteiger partial charge < -0.3 is 4.74 Å². The van der Waals surface area contributed by atoms with Gasteiger partial charge in [-0.05, 0) is 18.9 Å². The number of hydrogen-bond donors (Lipinski definition) is 0. The summed E-state index contributed by atoms with van der Waals surface area (Å²) < 4.78 is 6.93. The third kappa shape index (κ3) is 4.80. The van der Waals surface area contributed by atoms with Crippen molar-refractivity contribution in [3.8, 4) is 0 Å². The molecule has 0 unspecified atom stereocenters. The van der Waals surface area contributed by atoms with E-state index in [1.54, 1.807) is 0 Å². The maximum Gasteiger partial charge on any atom is 0.0791 e. The van der Waals surface area contributed by atoms with E-state index in [4.69, 9.17) is 4.74 Å². The lowest BCUT2D eigenvalue weighted by molar-refractivity contribution is 0.0636. The first-order chi connectivity index (χ1) is 7.24. The lowest BCUT2D eigenvalue weighted by atomic mass is 10.1. The molecule has 0 aliphatic carbocycles. The number of ether oxygens (including phenoxy) is 1. The zero-order chi connectivity index (χ0) is 11.1. The van der Waals surface area contributed by atoms with Gasteiger partial charge in [0, 0.05) is 4.43 Å². The highest BCUT2D eigenvalue weighted by atomic mass is 127. The highest BCUT2D eigenvalue weighted by Gasteiger charge is 2.08. The standard InChI is InChI=1S/C13H17IO/c1-11(2)13(8-9-14)15-10-12-6-4-3-5-7-12/h3-7,13H,1,8-10H2,2H3/t13-/m0/s1. The second kappa shape index (κ2) is 7.01. The molecule has 1 aromatic carbocycles. The smallest absolute Gasteiger partial charge is 0.0791 e. The summed E-state index contributed by atoms with van der Waals surface area (Å²) in [7, 11) is 0. The van der Waals surface area contributed by atoms with E-state index in [9.17, 15) is 0 Å². The molecule has 1 atom stereocenters. The van der Waals surface area contributed by atoms with E-state index in [0.29, 0.717) is 6.61 Å². The summed E-state index contributed by atoms with van der Waals surface area (Å²) >= 11 is 2.37. The van der Waals surface area contributed by atoms with Crippen molar-refractivity contribution in [2.45, 2.75) is 26.1 Å². The van der Waals surface area contributed by atoms with Gasteiger partial charge in [-0.25, -0.2) is 0 Å². The number of rotatable bonds is 6. The molecule has 0 amide bonds. The topological polar surface area (TPSA) is 9.23 Å². The molecular weight excluding hydrogens is 299 g/mol. The molecule has 0 N–H and O–H groups in total. The van der Waals surface area contributed by atoms with Crippen molar-refractivity contribution in [1.29, 1.82) is 0 Å². The van der Waals surface area contributed by atoms with E-state index in [-0.39, 0.29) is 6.10 Å². The molecule has 0 bridgehead atoms. The summed E-state index contributed by atoms with van der Waals surface area (Å²) in [5.41, 5.74) is 2.33. The van der Waals surface area contributed by atoms with Crippen molar-refractivity contribution in [2.75, 3.05) is 4.43 Å². The van der Waals surface area contributed by atoms with Gasteiger partial charge in [-0.3, -0.25) is 0 Å². The lowest BCUT2D eigenvalue weighted by Gasteiger charge is -2.16. The minimum atomic E-state index is 0.196. The molecule has 1 rings (SSSR count). The Balaban J connectivity index is 2.43. The molecule has 0 aromatic heterocycles. The van der Waals surface area contributed by atoms with E-state index in [1.165, 1.54) is 5.56 Å². The fourth-order valence-corrected chi connectivity index (χ4v) is 1.91. The molecule has 15 heavy (non-hydrogen) atoms. The van der Waals surface area contributed by atoms with Gasteiger partial charge in [0.25, 0.3) is 0 Å². The van der Waals surface area contributed by atoms with Crippen molar-refractivity contribution in [1.82, 2.24) is 0 Å². The predicted octanol–water partition coefficient (Wildman–Crippen LogP) is 3.97. The molecule has 0 saturated heterocycles. The van der Waals surface area contributed by atoms with Crippen LogP contribution in [0.2, 0.25) is 0 Å². The molecule has 0 aliphatic heterocycles. The van der Waals surface area contributed by atoms with Crippen LogP contribution in [0.4, 0.5) is 0 Å². The Hall–Kier alpha value is -0.350. The van der Waals surface area contributed by atoms with Crippen LogP contribution in [-0.2, 0) is 11.3 Å². The van der Waals surface area contributed by atoms with Crippen molar-refractivity contribution < 1.29 is 4.74 Å². The first kappa shape index (κ1) is 12.7. The van der Waals surface area contributed by atoms with E-state index in [2.05, 4.69) is 41.3 Å². The second-order valence-corrected chi connectivity index (χ2v) is 4.69. The lowest BCUT2D eigenvalue weighted by Crippen LogP contribution is -2.14. The molecule has 1 aromatic rings. The van der Waals surface area contributed by atoms with Gasteiger partial charge in [0.05, 0.1) is 12.7 Å². The fourth-order valence-electron chi connectivity index (χ4n) is 1.34. The van der Waals surface area contributed by atoms with Crippen LogP contribution in [0.1, 0.15) is 18.9 Å². The third-order valence-corrected chi connectivity index (χ3v) is 2.84. The Morgan fingerprint density at radius 1 is 1.40 bits per heavy atom. The minimum Gasteiger partial charge on any atom is -0.369 e. The van der Waals surface area contributed by atoms with Gasteiger partial charge in [0.2, 0.25) is 0 Å². The molecule has 82 valence electrons. The largest absolute Gasteiger partial charge is 0.369 e. The van der Waals surface area contributed by atoms with E-state index >= 15 is 0 Å². The Morgan fingerprint density at radius 3 is 2.60 bits per heavy atom. The van der Waals surface area contributed by atoms with Crippen LogP contribution in [0, 0.1) is 0 Å². The summed E-state index contributed by atoms with van der Waals surface area (Å²) in [6.07, 6.45) is 1.24. The maximum absolute atomic E-state index is 5.83. The SMILES string of the molecule is C=C(C)[C@H](CCI)OCc1ccccc1. The number of hydrogen-bond acceptors (Lipinski definition) is 1. The summed E-state index contributed by atoms with van der Waals surface area (Å²) in [6, 6.07) is 10.3. The van der Waals surface area contributed by atoms with Gasteiger partial charge in [0.1, 0.15) is 0 Å². The summed E-state index contributed by atoms with van der Waals surface area (Å²) in [6.45, 7) is 6.66. The van der Waals surface area contributed by atoms with Crippen molar-refractivity contribution in [3.05, 3.63) is 48.0 Å². The summed E-state index contributed by atoms with van der Waals surface area (Å²) in [5, 5.41) is 0. The fraction of sp³-hybridized carbons (Fsp3) is 0.385. The molecule has 2 heteroatoms. The number of benzene rings is 1. The zero-order valence-electron chi connectivity index (χ0n) is 9.08. The van der Waals surface area contributed by atoms with Crippen molar-refractivity contribution in [2.24, 2.45) is 0 Å². The Labute approximate surface area is 106 Å². The molecule has 0 fully saturated rings. The van der Waals surface area contributed by atoms with Crippen LogP contribution >= 0.6 is 22.6 Å². The van der Waals surface area contributed by atoms with E-state index in [0.717, 1.165) is 16.4 Å². The van der Waals surface area contributed by atoms with Crippen LogP contribution in [0.3, 0.4) is 0 Å². The van der Waals surface area contributed by atoms with E-state index in [1.807, 2.05) is 25.1 Å². The van der Waals surface area contributed by atoms with Crippen molar-refractivity contribution >= 4 is 22.6 Å². The molecule has 0 heterocycles. The monoisotopic (exact) mass is 316 g/mol. The minimum absolute atomic E-state index is 0.196. The molecule has 0 aliphatic rings. The molecule has 0 spiro atoms. The first-order valence-electron chi connectivity index (χ1n) is 5.11. The van der Waals surface area contributed by atoms with Gasteiger partial charge >= 0.3 is 0 Å². The van der Waals surface area contributed by atoms with E-state index < -0.39 is 0 Å². The van der Waals surface area contributed by atoms with Crippen LogP contribution in [-0.4, -0.2) is 10.5 Å². The highest BCUT2D eigenvalue weighted by Crippen LogP contribution is 2.13. The number of alkyl halides is 1. The Morgan fingerprint density at radius 2 is 2.07 bits per heavy atom. The van der Waals surface area contributed by atoms with Gasteiger partial charge in [-0.2, -0.15) is 0 Å². The average molecular weight is 316 g/mol. The molecule has 0 radical (unpaired) electrons. The first-order valence-corrected chi connectivity index (χ1v) is 6.63.